The highest BCUT2D eigenvalue weighted by atomic mass is 32.2. The Labute approximate surface area is 153 Å². The molecule has 0 unspecified atom stereocenters. The number of sulfone groups is 1. The zero-order valence-corrected chi connectivity index (χ0v) is 15.4. The first-order valence-electron chi connectivity index (χ1n) is 8.63. The summed E-state index contributed by atoms with van der Waals surface area (Å²) in [6.07, 6.45) is 3.60. The Morgan fingerprint density at radius 3 is 2.46 bits per heavy atom. The molecule has 1 aliphatic heterocycles. The zero-order chi connectivity index (χ0) is 18.1. The van der Waals surface area contributed by atoms with Crippen molar-refractivity contribution in [1.82, 2.24) is 4.98 Å². The number of aromatic nitrogens is 1. The highest BCUT2D eigenvalue weighted by molar-refractivity contribution is 7.91. The molecule has 6 heteroatoms. The molecule has 0 aliphatic carbocycles. The van der Waals surface area contributed by atoms with Gasteiger partial charge in [0.1, 0.15) is 10.6 Å². The minimum absolute atomic E-state index is 0.256. The second-order valence-electron chi connectivity index (χ2n) is 6.36. The van der Waals surface area contributed by atoms with Gasteiger partial charge >= 0.3 is 0 Å². The number of anilines is 1. The van der Waals surface area contributed by atoms with Crippen molar-refractivity contribution in [1.29, 1.82) is 0 Å². The molecule has 3 aromatic rings. The van der Waals surface area contributed by atoms with Gasteiger partial charge in [-0.05, 0) is 43.2 Å². The summed E-state index contributed by atoms with van der Waals surface area (Å²) in [5.41, 5.74) is 1.50. The number of hydrogen-bond donors (Lipinski definition) is 0. The third-order valence-corrected chi connectivity index (χ3v) is 6.55. The summed E-state index contributed by atoms with van der Waals surface area (Å²) in [6.45, 7) is 1.68. The first kappa shape index (κ1) is 16.8. The second-order valence-corrected chi connectivity index (χ2v) is 8.28. The number of ether oxygens (including phenoxy) is 1. The lowest BCUT2D eigenvalue weighted by molar-refractivity contribution is 0.415. The van der Waals surface area contributed by atoms with Gasteiger partial charge in [-0.15, -0.1) is 0 Å². The molecule has 2 aromatic carbocycles. The molecular formula is C20H20N2O3S. The van der Waals surface area contributed by atoms with Gasteiger partial charge in [0.15, 0.2) is 0 Å². The third kappa shape index (κ3) is 2.80. The normalized spacial score (nSPS) is 14.7. The molecule has 1 saturated heterocycles. The van der Waals surface area contributed by atoms with E-state index in [4.69, 9.17) is 4.74 Å². The van der Waals surface area contributed by atoms with Crippen molar-refractivity contribution < 1.29 is 13.2 Å². The Bertz CT molecular complexity index is 1040. The van der Waals surface area contributed by atoms with Crippen LogP contribution in [-0.4, -0.2) is 33.6 Å². The lowest BCUT2D eigenvalue weighted by atomic mass is 10.1. The number of methoxy groups -OCH3 is 1. The molecule has 134 valence electrons. The summed E-state index contributed by atoms with van der Waals surface area (Å²) in [5, 5.41) is 0.809. The fourth-order valence-electron chi connectivity index (χ4n) is 3.46. The van der Waals surface area contributed by atoms with E-state index in [0.29, 0.717) is 5.75 Å². The fraction of sp³-hybridized carbons (Fsp3) is 0.250. The molecule has 4 rings (SSSR count). The van der Waals surface area contributed by atoms with E-state index in [1.165, 1.54) is 6.20 Å². The summed E-state index contributed by atoms with van der Waals surface area (Å²) >= 11 is 0. The molecule has 0 N–H and O–H groups in total. The summed E-state index contributed by atoms with van der Waals surface area (Å²) in [7, 11) is -2.06. The first-order chi connectivity index (χ1) is 12.6. The number of hydrogen-bond acceptors (Lipinski definition) is 5. The summed E-state index contributed by atoms with van der Waals surface area (Å²) < 4.78 is 32.0. The minimum Gasteiger partial charge on any atom is -0.497 e. The molecule has 1 aliphatic rings. The highest BCUT2D eigenvalue weighted by Crippen LogP contribution is 2.38. The monoisotopic (exact) mass is 368 g/mol. The van der Waals surface area contributed by atoms with Crippen molar-refractivity contribution in [2.45, 2.75) is 22.6 Å². The Kier molecular flexibility index (Phi) is 4.28. The van der Waals surface area contributed by atoms with E-state index in [1.807, 2.05) is 24.3 Å². The standard InChI is InChI=1S/C20H20N2O3S/c1-25-15-9-10-18-17(13-15)20(22-11-5-6-12-22)19(14-21-18)26(23,24)16-7-3-2-4-8-16/h2-4,7-10,13-14H,5-6,11-12H2,1H3. The smallest absolute Gasteiger partial charge is 0.210 e. The van der Waals surface area contributed by atoms with Gasteiger partial charge in [0.05, 0.1) is 23.2 Å². The van der Waals surface area contributed by atoms with Crippen LogP contribution in [0.2, 0.25) is 0 Å². The molecule has 5 nitrogen and oxygen atoms in total. The van der Waals surface area contributed by atoms with E-state index in [1.54, 1.807) is 31.4 Å². The van der Waals surface area contributed by atoms with Crippen LogP contribution in [0.4, 0.5) is 5.69 Å². The number of benzene rings is 2. The number of nitrogens with zero attached hydrogens (tertiary/aromatic N) is 2. The molecule has 0 saturated carbocycles. The number of fused-ring (bicyclic) bond motifs is 1. The molecule has 1 aromatic heterocycles. The summed E-state index contributed by atoms with van der Waals surface area (Å²) in [4.78, 5) is 7.11. The highest BCUT2D eigenvalue weighted by Gasteiger charge is 2.28. The van der Waals surface area contributed by atoms with Crippen LogP contribution in [-0.2, 0) is 9.84 Å². The molecule has 0 amide bonds. The Balaban J connectivity index is 2.01. The van der Waals surface area contributed by atoms with Gasteiger partial charge in [0.25, 0.3) is 0 Å². The van der Waals surface area contributed by atoms with Crippen molar-refractivity contribution in [2.75, 3.05) is 25.1 Å². The van der Waals surface area contributed by atoms with Crippen LogP contribution in [0.3, 0.4) is 0 Å². The molecule has 0 atom stereocenters. The maximum atomic E-state index is 13.3. The van der Waals surface area contributed by atoms with E-state index in [2.05, 4.69) is 9.88 Å². The molecule has 2 heterocycles. The molecule has 0 radical (unpaired) electrons. The SMILES string of the molecule is COc1ccc2ncc(S(=O)(=O)c3ccccc3)c(N3CCCC3)c2c1. The first-order valence-corrected chi connectivity index (χ1v) is 10.1. The van der Waals surface area contributed by atoms with Crippen LogP contribution in [0.25, 0.3) is 10.9 Å². The Morgan fingerprint density at radius 1 is 1.04 bits per heavy atom. The van der Waals surface area contributed by atoms with Crippen LogP contribution < -0.4 is 9.64 Å². The third-order valence-electron chi connectivity index (χ3n) is 4.78. The van der Waals surface area contributed by atoms with Crippen molar-refractivity contribution in [3.05, 3.63) is 54.7 Å². The lowest BCUT2D eigenvalue weighted by Crippen LogP contribution is -2.21. The lowest BCUT2D eigenvalue weighted by Gasteiger charge is -2.23. The van der Waals surface area contributed by atoms with Crippen LogP contribution in [0, 0.1) is 0 Å². The van der Waals surface area contributed by atoms with Crippen molar-refractivity contribution in [3.8, 4) is 5.75 Å². The van der Waals surface area contributed by atoms with Crippen molar-refractivity contribution >= 4 is 26.4 Å². The van der Waals surface area contributed by atoms with E-state index in [9.17, 15) is 8.42 Å². The van der Waals surface area contributed by atoms with Gasteiger partial charge in [-0.1, -0.05) is 18.2 Å². The quantitative estimate of drug-likeness (QED) is 0.703. The van der Waals surface area contributed by atoms with E-state index >= 15 is 0 Å². The predicted octanol–water partition coefficient (Wildman–Crippen LogP) is 3.68. The Morgan fingerprint density at radius 2 is 1.77 bits per heavy atom. The van der Waals surface area contributed by atoms with Crippen molar-refractivity contribution in [2.24, 2.45) is 0 Å². The second kappa shape index (κ2) is 6.61. The topological polar surface area (TPSA) is 59.5 Å². The van der Waals surface area contributed by atoms with Gasteiger partial charge < -0.3 is 9.64 Å². The van der Waals surface area contributed by atoms with Gasteiger partial charge in [-0.2, -0.15) is 0 Å². The molecular weight excluding hydrogens is 348 g/mol. The van der Waals surface area contributed by atoms with Crippen LogP contribution in [0.1, 0.15) is 12.8 Å². The number of rotatable bonds is 4. The molecule has 26 heavy (non-hydrogen) atoms. The average molecular weight is 368 g/mol. The zero-order valence-electron chi connectivity index (χ0n) is 14.6. The number of pyridine rings is 1. The van der Waals surface area contributed by atoms with Gasteiger partial charge in [0, 0.05) is 24.7 Å². The van der Waals surface area contributed by atoms with E-state index in [0.717, 1.165) is 42.5 Å². The molecule has 1 fully saturated rings. The summed E-state index contributed by atoms with van der Waals surface area (Å²) in [5.74, 6) is 0.689. The predicted molar refractivity (Wildman–Crippen MR) is 102 cm³/mol. The van der Waals surface area contributed by atoms with Crippen molar-refractivity contribution in [3.63, 3.8) is 0 Å². The van der Waals surface area contributed by atoms with Crippen LogP contribution >= 0.6 is 0 Å². The maximum absolute atomic E-state index is 13.3. The van der Waals surface area contributed by atoms with Crippen LogP contribution in [0.15, 0.2) is 64.5 Å². The molecule has 0 spiro atoms. The van der Waals surface area contributed by atoms with Gasteiger partial charge in [-0.25, -0.2) is 8.42 Å². The fourth-order valence-corrected chi connectivity index (χ4v) is 4.91. The largest absolute Gasteiger partial charge is 0.497 e. The van der Waals surface area contributed by atoms with Gasteiger partial charge in [0.2, 0.25) is 9.84 Å². The van der Waals surface area contributed by atoms with Crippen LogP contribution in [0.5, 0.6) is 5.75 Å². The molecule has 0 bridgehead atoms. The van der Waals surface area contributed by atoms with E-state index < -0.39 is 9.84 Å². The van der Waals surface area contributed by atoms with Gasteiger partial charge in [-0.3, -0.25) is 4.98 Å². The summed E-state index contributed by atoms with van der Waals surface area (Å²) in [6, 6.07) is 14.1. The van der Waals surface area contributed by atoms with E-state index in [-0.39, 0.29) is 9.79 Å². The maximum Gasteiger partial charge on any atom is 0.210 e. The minimum atomic E-state index is -3.66. The average Bonchev–Trinajstić information content (AvgIpc) is 3.21. The Hall–Kier alpha value is -2.60.